The fourth-order valence-corrected chi connectivity index (χ4v) is 4.13. The lowest BCUT2D eigenvalue weighted by Crippen LogP contribution is -2.39. The molecule has 0 N–H and O–H groups in total. The molecule has 0 unspecified atom stereocenters. The molecular formula is C24H35N3O3. The number of aromatic nitrogens is 1. The summed E-state index contributed by atoms with van der Waals surface area (Å²) in [4.78, 5) is 9.21. The Kier molecular flexibility index (Phi) is 8.93. The molecule has 0 bridgehead atoms. The smallest absolute Gasteiger partial charge is 0.127 e. The van der Waals surface area contributed by atoms with Crippen LogP contribution in [0.4, 0.5) is 0 Å². The summed E-state index contributed by atoms with van der Waals surface area (Å²) in [6.07, 6.45) is 6.21. The summed E-state index contributed by atoms with van der Waals surface area (Å²) in [6, 6.07) is 10.3. The van der Waals surface area contributed by atoms with E-state index in [2.05, 4.69) is 33.0 Å². The van der Waals surface area contributed by atoms with E-state index in [-0.39, 0.29) is 0 Å². The van der Waals surface area contributed by atoms with Gasteiger partial charge >= 0.3 is 0 Å². The quantitative estimate of drug-likeness (QED) is 0.562. The van der Waals surface area contributed by atoms with Gasteiger partial charge in [-0.3, -0.25) is 9.88 Å². The molecular weight excluding hydrogens is 378 g/mol. The first-order valence-electron chi connectivity index (χ1n) is 10.7. The highest BCUT2D eigenvalue weighted by Crippen LogP contribution is 2.27. The van der Waals surface area contributed by atoms with Crippen molar-refractivity contribution in [3.8, 4) is 11.5 Å². The van der Waals surface area contributed by atoms with Crippen LogP contribution < -0.4 is 9.47 Å². The third kappa shape index (κ3) is 6.69. The molecule has 6 heteroatoms. The van der Waals surface area contributed by atoms with Crippen LogP contribution in [0.2, 0.25) is 0 Å². The van der Waals surface area contributed by atoms with Crippen LogP contribution in [0.25, 0.3) is 0 Å². The maximum atomic E-state index is 5.65. The fourth-order valence-electron chi connectivity index (χ4n) is 4.13. The van der Waals surface area contributed by atoms with Gasteiger partial charge in [0, 0.05) is 57.3 Å². The largest absolute Gasteiger partial charge is 0.497 e. The molecule has 1 aromatic heterocycles. The van der Waals surface area contributed by atoms with Crippen LogP contribution in [0.15, 0.2) is 42.7 Å². The summed E-state index contributed by atoms with van der Waals surface area (Å²) in [7, 11) is 5.18. The van der Waals surface area contributed by atoms with E-state index in [0.29, 0.717) is 5.92 Å². The molecule has 1 saturated heterocycles. The topological polar surface area (TPSA) is 47.1 Å². The molecule has 2 aromatic rings. The first-order chi connectivity index (χ1) is 14.7. The Labute approximate surface area is 180 Å². The zero-order valence-corrected chi connectivity index (χ0v) is 18.5. The monoisotopic (exact) mass is 413 g/mol. The van der Waals surface area contributed by atoms with Gasteiger partial charge in [0.25, 0.3) is 0 Å². The van der Waals surface area contributed by atoms with Crippen molar-refractivity contribution in [2.24, 2.45) is 5.92 Å². The first kappa shape index (κ1) is 22.5. The van der Waals surface area contributed by atoms with Crippen LogP contribution in [0.5, 0.6) is 11.5 Å². The zero-order valence-electron chi connectivity index (χ0n) is 18.5. The minimum atomic E-state index is 0.704. The minimum absolute atomic E-state index is 0.704. The Hall–Kier alpha value is -2.15. The molecule has 0 radical (unpaired) electrons. The molecule has 6 nitrogen and oxygen atoms in total. The Morgan fingerprint density at radius 2 is 1.77 bits per heavy atom. The Bertz CT molecular complexity index is 749. The number of methoxy groups -OCH3 is 3. The van der Waals surface area contributed by atoms with Gasteiger partial charge in [0.1, 0.15) is 11.5 Å². The third-order valence-corrected chi connectivity index (χ3v) is 5.88. The van der Waals surface area contributed by atoms with Crippen molar-refractivity contribution in [1.29, 1.82) is 0 Å². The average molecular weight is 414 g/mol. The highest BCUT2D eigenvalue weighted by molar-refractivity contribution is 5.40. The highest BCUT2D eigenvalue weighted by atomic mass is 16.5. The van der Waals surface area contributed by atoms with Crippen molar-refractivity contribution >= 4 is 0 Å². The molecule has 0 spiro atoms. The van der Waals surface area contributed by atoms with Gasteiger partial charge in [-0.15, -0.1) is 0 Å². The number of ether oxygens (including phenoxy) is 3. The van der Waals surface area contributed by atoms with Gasteiger partial charge in [0.15, 0.2) is 0 Å². The van der Waals surface area contributed by atoms with Crippen LogP contribution in [0.1, 0.15) is 24.0 Å². The molecule has 2 heterocycles. The number of likely N-dealkylation sites (tertiary alicyclic amines) is 1. The third-order valence-electron chi connectivity index (χ3n) is 5.88. The van der Waals surface area contributed by atoms with Crippen molar-refractivity contribution in [2.45, 2.75) is 25.9 Å². The van der Waals surface area contributed by atoms with Crippen molar-refractivity contribution in [2.75, 3.05) is 54.1 Å². The number of hydrogen-bond donors (Lipinski definition) is 0. The molecule has 0 amide bonds. The molecule has 1 aliphatic heterocycles. The number of nitrogens with zero attached hydrogens (tertiary/aromatic N) is 3. The molecule has 0 aliphatic carbocycles. The van der Waals surface area contributed by atoms with Gasteiger partial charge in [0.2, 0.25) is 0 Å². The number of piperidine rings is 1. The van der Waals surface area contributed by atoms with E-state index in [9.17, 15) is 0 Å². The van der Waals surface area contributed by atoms with E-state index in [1.807, 2.05) is 24.5 Å². The van der Waals surface area contributed by atoms with Gasteiger partial charge in [-0.2, -0.15) is 0 Å². The van der Waals surface area contributed by atoms with Crippen LogP contribution >= 0.6 is 0 Å². The number of rotatable bonds is 11. The van der Waals surface area contributed by atoms with Gasteiger partial charge in [-0.05, 0) is 55.6 Å². The molecule has 164 valence electrons. The van der Waals surface area contributed by atoms with Crippen LogP contribution in [0.3, 0.4) is 0 Å². The second-order valence-electron chi connectivity index (χ2n) is 7.98. The lowest BCUT2D eigenvalue weighted by atomic mass is 9.95. The van der Waals surface area contributed by atoms with Gasteiger partial charge in [-0.1, -0.05) is 6.07 Å². The normalized spacial score (nSPS) is 15.5. The molecule has 0 saturated carbocycles. The first-order valence-corrected chi connectivity index (χ1v) is 10.7. The van der Waals surface area contributed by atoms with Crippen LogP contribution in [-0.2, 0) is 17.8 Å². The predicted octanol–water partition coefficient (Wildman–Crippen LogP) is 3.46. The molecule has 1 aromatic carbocycles. The Morgan fingerprint density at radius 3 is 2.43 bits per heavy atom. The SMILES string of the molecule is COCCN1CCC(CN(Cc2ccncc2)Cc2ccc(OC)cc2OC)CC1. The van der Waals surface area contributed by atoms with Gasteiger partial charge < -0.3 is 19.1 Å². The summed E-state index contributed by atoms with van der Waals surface area (Å²) in [6.45, 7) is 6.99. The maximum absolute atomic E-state index is 5.65. The molecule has 3 rings (SSSR count). The lowest BCUT2D eigenvalue weighted by molar-refractivity contribution is 0.103. The minimum Gasteiger partial charge on any atom is -0.497 e. The summed E-state index contributed by atoms with van der Waals surface area (Å²) in [5.41, 5.74) is 2.47. The highest BCUT2D eigenvalue weighted by Gasteiger charge is 2.22. The van der Waals surface area contributed by atoms with Gasteiger partial charge in [0.05, 0.1) is 20.8 Å². The zero-order chi connectivity index (χ0) is 21.2. The second-order valence-corrected chi connectivity index (χ2v) is 7.98. The van der Waals surface area contributed by atoms with Crippen molar-refractivity contribution in [3.63, 3.8) is 0 Å². The predicted molar refractivity (Wildman–Crippen MR) is 119 cm³/mol. The number of hydrogen-bond acceptors (Lipinski definition) is 6. The summed E-state index contributed by atoms with van der Waals surface area (Å²) < 4.78 is 16.2. The lowest BCUT2D eigenvalue weighted by Gasteiger charge is -2.35. The van der Waals surface area contributed by atoms with Crippen LogP contribution in [0, 0.1) is 5.92 Å². The average Bonchev–Trinajstić information content (AvgIpc) is 2.79. The van der Waals surface area contributed by atoms with Crippen LogP contribution in [-0.4, -0.2) is 68.9 Å². The molecule has 0 atom stereocenters. The fraction of sp³-hybridized carbons (Fsp3) is 0.542. The summed E-state index contributed by atoms with van der Waals surface area (Å²) >= 11 is 0. The molecule has 1 fully saturated rings. The van der Waals surface area contributed by atoms with E-state index < -0.39 is 0 Å². The second kappa shape index (κ2) is 11.9. The van der Waals surface area contributed by atoms with E-state index in [1.54, 1.807) is 21.3 Å². The standard InChI is InChI=1S/C24H35N3O3/c1-28-15-14-26-12-8-21(9-13-26)18-27(17-20-6-10-25-11-7-20)19-22-4-5-23(29-2)16-24(22)30-3/h4-7,10-11,16,21H,8-9,12-15,17-19H2,1-3H3. The molecule has 30 heavy (non-hydrogen) atoms. The Morgan fingerprint density at radius 1 is 1.00 bits per heavy atom. The van der Waals surface area contributed by atoms with E-state index in [1.165, 1.54) is 24.0 Å². The summed E-state index contributed by atoms with van der Waals surface area (Å²) in [5.74, 6) is 2.40. The summed E-state index contributed by atoms with van der Waals surface area (Å²) in [5, 5.41) is 0. The van der Waals surface area contributed by atoms with Crippen molar-refractivity contribution in [3.05, 3.63) is 53.9 Å². The van der Waals surface area contributed by atoms with E-state index in [0.717, 1.165) is 57.4 Å². The van der Waals surface area contributed by atoms with Gasteiger partial charge in [-0.25, -0.2) is 0 Å². The van der Waals surface area contributed by atoms with Crippen molar-refractivity contribution < 1.29 is 14.2 Å². The number of benzene rings is 1. The Balaban J connectivity index is 1.67. The van der Waals surface area contributed by atoms with E-state index >= 15 is 0 Å². The maximum Gasteiger partial charge on any atom is 0.127 e. The molecule has 1 aliphatic rings. The van der Waals surface area contributed by atoms with Crippen molar-refractivity contribution in [1.82, 2.24) is 14.8 Å². The number of pyridine rings is 1. The van der Waals surface area contributed by atoms with E-state index in [4.69, 9.17) is 14.2 Å².